The minimum Gasteiger partial charge on any atom is -0.469 e. The van der Waals surface area contributed by atoms with E-state index in [1.807, 2.05) is 77.7 Å². The summed E-state index contributed by atoms with van der Waals surface area (Å²) >= 11 is 0. The van der Waals surface area contributed by atoms with E-state index in [1.54, 1.807) is 4.90 Å². The van der Waals surface area contributed by atoms with Crippen LogP contribution < -0.4 is 0 Å². The summed E-state index contributed by atoms with van der Waals surface area (Å²) in [5, 5.41) is 0. The molecule has 39 heavy (non-hydrogen) atoms. The van der Waals surface area contributed by atoms with Crippen LogP contribution in [-0.4, -0.2) is 89.9 Å². The van der Waals surface area contributed by atoms with Gasteiger partial charge in [0.05, 0.1) is 18.5 Å². The average molecular weight is 527 g/mol. The third-order valence-corrected chi connectivity index (χ3v) is 7.67. The number of methoxy groups -OCH3 is 1. The number of carbonyl (C=O) groups is 3. The van der Waals surface area contributed by atoms with Crippen LogP contribution >= 0.6 is 0 Å². The highest BCUT2D eigenvalue weighted by atomic mass is 16.5. The van der Waals surface area contributed by atoms with Gasteiger partial charge in [-0.25, -0.2) is 4.98 Å². The first-order chi connectivity index (χ1) is 19.0. The van der Waals surface area contributed by atoms with Crippen molar-refractivity contribution >= 4 is 17.8 Å². The summed E-state index contributed by atoms with van der Waals surface area (Å²) in [7, 11) is 1.30. The zero-order valence-corrected chi connectivity index (χ0v) is 22.3. The van der Waals surface area contributed by atoms with Gasteiger partial charge in [0.1, 0.15) is 6.42 Å². The van der Waals surface area contributed by atoms with Gasteiger partial charge < -0.3 is 14.5 Å². The highest BCUT2D eigenvalue weighted by molar-refractivity contribution is 5.96. The Morgan fingerprint density at radius 2 is 1.31 bits per heavy atom. The molecule has 3 heterocycles. The van der Waals surface area contributed by atoms with Crippen LogP contribution in [-0.2, 0) is 14.3 Å². The van der Waals surface area contributed by atoms with Crippen LogP contribution in [0.5, 0.6) is 0 Å². The Balaban J connectivity index is 1.23. The fraction of sp³-hybridized carbons (Fsp3) is 0.355. The van der Waals surface area contributed by atoms with Crippen molar-refractivity contribution in [1.29, 1.82) is 0 Å². The molecule has 3 aromatic rings. The monoisotopic (exact) mass is 526 g/mol. The van der Waals surface area contributed by atoms with E-state index in [0.717, 1.165) is 48.4 Å². The number of carbonyl (C=O) groups excluding carboxylic acids is 3. The van der Waals surface area contributed by atoms with E-state index < -0.39 is 5.97 Å². The summed E-state index contributed by atoms with van der Waals surface area (Å²) in [5.74, 6) is -0.642. The Labute approximate surface area is 229 Å². The fourth-order valence-corrected chi connectivity index (χ4v) is 5.43. The van der Waals surface area contributed by atoms with E-state index in [1.165, 1.54) is 7.11 Å². The van der Waals surface area contributed by atoms with E-state index in [9.17, 15) is 14.4 Å². The number of likely N-dealkylation sites (tertiary alicyclic amines) is 1. The molecule has 202 valence electrons. The van der Waals surface area contributed by atoms with Gasteiger partial charge in [-0.15, -0.1) is 0 Å². The first-order valence-electron chi connectivity index (χ1n) is 13.5. The Bertz CT molecular complexity index is 1240. The van der Waals surface area contributed by atoms with Crippen molar-refractivity contribution in [2.24, 2.45) is 0 Å². The number of esters is 1. The maximum Gasteiger partial charge on any atom is 0.315 e. The summed E-state index contributed by atoms with van der Waals surface area (Å²) in [6.45, 7) is 4.19. The van der Waals surface area contributed by atoms with Gasteiger partial charge in [-0.3, -0.25) is 19.3 Å². The molecule has 2 amide bonds. The molecule has 0 saturated carbocycles. The van der Waals surface area contributed by atoms with Gasteiger partial charge in [-0.2, -0.15) is 0 Å². The largest absolute Gasteiger partial charge is 0.469 e. The molecule has 0 unspecified atom stereocenters. The lowest BCUT2D eigenvalue weighted by atomic mass is 10.0. The number of nitrogens with zero attached hydrogens (tertiary/aromatic N) is 4. The second-order valence-electron chi connectivity index (χ2n) is 10.1. The normalized spacial score (nSPS) is 16.6. The van der Waals surface area contributed by atoms with Crippen molar-refractivity contribution in [2.75, 3.05) is 46.4 Å². The molecule has 8 nitrogen and oxygen atoms in total. The van der Waals surface area contributed by atoms with Crippen molar-refractivity contribution in [2.45, 2.75) is 25.3 Å². The van der Waals surface area contributed by atoms with E-state index >= 15 is 0 Å². The summed E-state index contributed by atoms with van der Waals surface area (Å²) in [4.78, 5) is 48.4. The van der Waals surface area contributed by atoms with Gasteiger partial charge in [-0.05, 0) is 25.0 Å². The number of hydrogen-bond acceptors (Lipinski definition) is 6. The summed E-state index contributed by atoms with van der Waals surface area (Å²) in [6.07, 6.45) is 1.53. The third kappa shape index (κ3) is 6.34. The first-order valence-corrected chi connectivity index (χ1v) is 13.5. The molecule has 8 heteroatoms. The molecule has 2 aliphatic heterocycles. The molecule has 0 atom stereocenters. The highest BCUT2D eigenvalue weighted by Gasteiger charge is 2.31. The van der Waals surface area contributed by atoms with Crippen LogP contribution in [0.15, 0.2) is 72.8 Å². The number of rotatable bonds is 6. The number of pyridine rings is 1. The molecule has 0 aliphatic carbocycles. The Kier molecular flexibility index (Phi) is 8.32. The molecule has 1 aromatic heterocycles. The van der Waals surface area contributed by atoms with Gasteiger partial charge in [0, 0.05) is 62.0 Å². The minimum atomic E-state index is -0.496. The molecule has 2 aromatic carbocycles. The third-order valence-electron chi connectivity index (χ3n) is 7.67. The van der Waals surface area contributed by atoms with Crippen LogP contribution in [0.4, 0.5) is 0 Å². The lowest BCUT2D eigenvalue weighted by Gasteiger charge is -2.42. The number of ether oxygens (including phenoxy) is 1. The molecular formula is C31H34N4O4. The van der Waals surface area contributed by atoms with E-state index in [-0.39, 0.29) is 18.2 Å². The van der Waals surface area contributed by atoms with Gasteiger partial charge in [0.25, 0.3) is 5.91 Å². The SMILES string of the molecule is COC(=O)CC(=O)N1CCC(N2CCN(C(=O)c3cc(-c4ccccc4)nc(-c4ccccc4)c3)CC2)CC1. The number of amides is 2. The smallest absolute Gasteiger partial charge is 0.315 e. The number of piperidine rings is 1. The van der Waals surface area contributed by atoms with E-state index in [4.69, 9.17) is 4.98 Å². The Morgan fingerprint density at radius 1 is 0.769 bits per heavy atom. The van der Waals surface area contributed by atoms with Crippen molar-refractivity contribution < 1.29 is 19.1 Å². The van der Waals surface area contributed by atoms with Crippen LogP contribution in [0.1, 0.15) is 29.6 Å². The van der Waals surface area contributed by atoms with Crippen LogP contribution in [0, 0.1) is 0 Å². The number of benzene rings is 2. The van der Waals surface area contributed by atoms with Gasteiger partial charge in [0.15, 0.2) is 0 Å². The molecule has 0 spiro atoms. The van der Waals surface area contributed by atoms with Crippen LogP contribution in [0.3, 0.4) is 0 Å². The lowest BCUT2D eigenvalue weighted by molar-refractivity contribution is -0.147. The zero-order valence-electron chi connectivity index (χ0n) is 22.3. The average Bonchev–Trinajstić information content (AvgIpc) is 3.01. The van der Waals surface area contributed by atoms with Crippen LogP contribution in [0.25, 0.3) is 22.5 Å². The molecule has 5 rings (SSSR count). The summed E-state index contributed by atoms with van der Waals surface area (Å²) < 4.78 is 4.62. The highest BCUT2D eigenvalue weighted by Crippen LogP contribution is 2.26. The fourth-order valence-electron chi connectivity index (χ4n) is 5.43. The Morgan fingerprint density at radius 3 is 1.82 bits per heavy atom. The molecule has 0 N–H and O–H groups in total. The zero-order chi connectivity index (χ0) is 27.2. The first kappa shape index (κ1) is 26.6. The quantitative estimate of drug-likeness (QED) is 0.360. The van der Waals surface area contributed by atoms with Crippen LogP contribution in [0.2, 0.25) is 0 Å². The van der Waals surface area contributed by atoms with E-state index in [2.05, 4.69) is 9.64 Å². The maximum absolute atomic E-state index is 13.7. The molecule has 2 fully saturated rings. The molecular weight excluding hydrogens is 492 g/mol. The molecule has 2 saturated heterocycles. The predicted octanol–water partition coefficient (Wildman–Crippen LogP) is 3.73. The van der Waals surface area contributed by atoms with Crippen molar-refractivity contribution in [3.8, 4) is 22.5 Å². The summed E-state index contributed by atoms with van der Waals surface area (Å²) in [6, 6.07) is 24.1. The number of aromatic nitrogens is 1. The van der Waals surface area contributed by atoms with Crippen molar-refractivity contribution in [1.82, 2.24) is 19.7 Å². The van der Waals surface area contributed by atoms with Crippen molar-refractivity contribution in [3.63, 3.8) is 0 Å². The number of piperazine rings is 1. The Hall–Kier alpha value is -4.04. The number of hydrogen-bond donors (Lipinski definition) is 0. The topological polar surface area (TPSA) is 83.1 Å². The lowest BCUT2D eigenvalue weighted by Crippen LogP contribution is -2.54. The standard InChI is InChI=1S/C31H34N4O4/c1-39-30(37)22-29(36)34-14-12-26(13-15-34)33-16-18-35(19-17-33)31(38)25-20-27(23-8-4-2-5-9-23)32-28(21-25)24-10-6-3-7-11-24/h2-11,20-21,26H,12-19,22H2,1H3. The van der Waals surface area contributed by atoms with E-state index in [0.29, 0.717) is 37.8 Å². The van der Waals surface area contributed by atoms with Gasteiger partial charge in [0.2, 0.25) is 5.91 Å². The summed E-state index contributed by atoms with van der Waals surface area (Å²) in [5.41, 5.74) is 4.17. The maximum atomic E-state index is 13.7. The minimum absolute atomic E-state index is 0.0228. The molecule has 0 radical (unpaired) electrons. The van der Waals surface area contributed by atoms with Gasteiger partial charge >= 0.3 is 5.97 Å². The second kappa shape index (κ2) is 12.2. The molecule has 0 bridgehead atoms. The van der Waals surface area contributed by atoms with Crippen molar-refractivity contribution in [3.05, 3.63) is 78.4 Å². The van der Waals surface area contributed by atoms with Gasteiger partial charge in [-0.1, -0.05) is 60.7 Å². The second-order valence-corrected chi connectivity index (χ2v) is 10.1. The molecule has 2 aliphatic rings. The predicted molar refractivity (Wildman–Crippen MR) is 149 cm³/mol.